The Hall–Kier alpha value is -1.38. The molecular weight excluding hydrogens is 222 g/mol. The molecule has 96 valence electrons. The molecule has 1 fully saturated rings. The van der Waals surface area contributed by atoms with Crippen molar-refractivity contribution in [2.45, 2.75) is 39.0 Å². The zero-order valence-corrected chi connectivity index (χ0v) is 11.2. The van der Waals surface area contributed by atoms with Crippen molar-refractivity contribution in [3.63, 3.8) is 0 Å². The lowest BCUT2D eigenvalue weighted by atomic mass is 10.0. The van der Waals surface area contributed by atoms with Crippen LogP contribution in [-0.2, 0) is 0 Å². The first-order valence-electron chi connectivity index (χ1n) is 7.10. The van der Waals surface area contributed by atoms with Gasteiger partial charge in [-0.15, -0.1) is 0 Å². The maximum Gasteiger partial charge on any atom is 0.128 e. The third kappa shape index (κ3) is 2.26. The van der Waals surface area contributed by atoms with Crippen molar-refractivity contribution in [2.24, 2.45) is 4.99 Å². The quantitative estimate of drug-likeness (QED) is 0.799. The van der Waals surface area contributed by atoms with E-state index in [2.05, 4.69) is 27.9 Å². The van der Waals surface area contributed by atoms with Gasteiger partial charge in [0.15, 0.2) is 0 Å². The first-order chi connectivity index (χ1) is 8.84. The normalized spacial score (nSPS) is 20.1. The lowest BCUT2D eigenvalue weighted by Gasteiger charge is -2.28. The van der Waals surface area contributed by atoms with Gasteiger partial charge >= 0.3 is 0 Å². The van der Waals surface area contributed by atoms with Gasteiger partial charge in [0.05, 0.1) is 0 Å². The number of pyridine rings is 1. The molecule has 0 aromatic carbocycles. The Balaban J connectivity index is 1.83. The van der Waals surface area contributed by atoms with E-state index in [1.165, 1.54) is 42.5 Å². The molecule has 0 amide bonds. The zero-order valence-electron chi connectivity index (χ0n) is 11.2. The van der Waals surface area contributed by atoms with Crippen LogP contribution in [0.2, 0.25) is 0 Å². The second-order valence-corrected chi connectivity index (χ2v) is 5.34. The van der Waals surface area contributed by atoms with Crippen LogP contribution >= 0.6 is 0 Å². The Labute approximate surface area is 109 Å². The highest BCUT2D eigenvalue weighted by molar-refractivity contribution is 6.02. The molecule has 1 aromatic rings. The molecule has 18 heavy (non-hydrogen) atoms. The number of aryl methyl sites for hydroxylation is 1. The fraction of sp³-hybridized carbons (Fsp3) is 0.600. The first kappa shape index (κ1) is 11.7. The molecule has 3 nitrogen and oxygen atoms in total. The SMILES string of the molecule is Cc1cc(N2CCCCC2)ncc1C1=NCCC1. The Morgan fingerprint density at radius 3 is 2.61 bits per heavy atom. The summed E-state index contributed by atoms with van der Waals surface area (Å²) < 4.78 is 0. The van der Waals surface area contributed by atoms with E-state index in [4.69, 9.17) is 0 Å². The molecule has 0 N–H and O–H groups in total. The van der Waals surface area contributed by atoms with Crippen LogP contribution in [0.15, 0.2) is 17.3 Å². The molecule has 0 unspecified atom stereocenters. The number of aromatic nitrogens is 1. The predicted molar refractivity (Wildman–Crippen MR) is 75.7 cm³/mol. The van der Waals surface area contributed by atoms with Crippen molar-refractivity contribution in [2.75, 3.05) is 24.5 Å². The van der Waals surface area contributed by atoms with Gasteiger partial charge in [-0.3, -0.25) is 4.99 Å². The van der Waals surface area contributed by atoms with Crippen molar-refractivity contribution >= 4 is 11.5 Å². The molecule has 3 heteroatoms. The van der Waals surface area contributed by atoms with E-state index in [0.717, 1.165) is 31.9 Å². The lowest BCUT2D eigenvalue weighted by molar-refractivity contribution is 0.573. The minimum Gasteiger partial charge on any atom is -0.357 e. The van der Waals surface area contributed by atoms with Crippen LogP contribution in [-0.4, -0.2) is 30.3 Å². The molecule has 0 atom stereocenters. The average molecular weight is 243 g/mol. The van der Waals surface area contributed by atoms with Gasteiger partial charge in [-0.2, -0.15) is 0 Å². The van der Waals surface area contributed by atoms with Gasteiger partial charge in [0, 0.05) is 37.1 Å². The summed E-state index contributed by atoms with van der Waals surface area (Å²) in [5.74, 6) is 1.15. The van der Waals surface area contributed by atoms with Crippen LogP contribution in [0.3, 0.4) is 0 Å². The molecule has 1 saturated heterocycles. The van der Waals surface area contributed by atoms with Gasteiger partial charge in [0.25, 0.3) is 0 Å². The summed E-state index contributed by atoms with van der Waals surface area (Å²) in [7, 11) is 0. The van der Waals surface area contributed by atoms with Crippen LogP contribution in [0.1, 0.15) is 43.2 Å². The van der Waals surface area contributed by atoms with Crippen LogP contribution in [0.5, 0.6) is 0 Å². The Morgan fingerprint density at radius 2 is 1.94 bits per heavy atom. The fourth-order valence-corrected chi connectivity index (χ4v) is 2.90. The van der Waals surface area contributed by atoms with Gasteiger partial charge in [-0.1, -0.05) is 0 Å². The molecule has 2 aliphatic rings. The van der Waals surface area contributed by atoms with E-state index in [0.29, 0.717) is 0 Å². The van der Waals surface area contributed by atoms with E-state index in [1.807, 2.05) is 6.20 Å². The van der Waals surface area contributed by atoms with Gasteiger partial charge in [-0.25, -0.2) is 4.98 Å². The number of hydrogen-bond donors (Lipinski definition) is 0. The maximum atomic E-state index is 4.65. The van der Waals surface area contributed by atoms with Crippen molar-refractivity contribution < 1.29 is 0 Å². The highest BCUT2D eigenvalue weighted by Gasteiger charge is 2.16. The largest absolute Gasteiger partial charge is 0.357 e. The maximum absolute atomic E-state index is 4.65. The molecule has 0 bridgehead atoms. The smallest absolute Gasteiger partial charge is 0.128 e. The average Bonchev–Trinajstić information content (AvgIpc) is 2.93. The number of aliphatic imine (C=N–C) groups is 1. The van der Waals surface area contributed by atoms with Gasteiger partial charge in [0.1, 0.15) is 5.82 Å². The number of hydrogen-bond acceptors (Lipinski definition) is 3. The standard InChI is InChI=1S/C15H21N3/c1-12-10-15(18-8-3-2-4-9-18)17-11-13(12)14-6-5-7-16-14/h10-11H,2-9H2,1H3. The summed E-state index contributed by atoms with van der Waals surface area (Å²) in [5, 5.41) is 0. The van der Waals surface area contributed by atoms with E-state index >= 15 is 0 Å². The molecule has 0 aliphatic carbocycles. The number of piperidine rings is 1. The predicted octanol–water partition coefficient (Wildman–Crippen LogP) is 2.96. The number of anilines is 1. The minimum atomic E-state index is 0.989. The molecule has 0 spiro atoms. The summed E-state index contributed by atoms with van der Waals surface area (Å²) >= 11 is 0. The molecule has 3 rings (SSSR count). The third-order valence-electron chi connectivity index (χ3n) is 3.96. The van der Waals surface area contributed by atoms with Crippen LogP contribution < -0.4 is 4.90 Å². The Bertz CT molecular complexity index is 459. The van der Waals surface area contributed by atoms with E-state index in [1.54, 1.807) is 0 Å². The lowest BCUT2D eigenvalue weighted by Crippen LogP contribution is -2.30. The van der Waals surface area contributed by atoms with Gasteiger partial charge in [-0.05, 0) is 50.7 Å². The summed E-state index contributed by atoms with van der Waals surface area (Å²) in [4.78, 5) is 11.6. The summed E-state index contributed by atoms with van der Waals surface area (Å²) in [6.07, 6.45) is 8.31. The van der Waals surface area contributed by atoms with Crippen molar-refractivity contribution in [1.82, 2.24) is 4.98 Å². The molecule has 0 saturated carbocycles. The highest BCUT2D eigenvalue weighted by Crippen LogP contribution is 2.22. The second-order valence-electron chi connectivity index (χ2n) is 5.34. The summed E-state index contributed by atoms with van der Waals surface area (Å²) in [6.45, 7) is 5.49. The number of nitrogens with zero attached hydrogens (tertiary/aromatic N) is 3. The van der Waals surface area contributed by atoms with E-state index < -0.39 is 0 Å². The highest BCUT2D eigenvalue weighted by atomic mass is 15.2. The topological polar surface area (TPSA) is 28.5 Å². The third-order valence-corrected chi connectivity index (χ3v) is 3.96. The number of rotatable bonds is 2. The Morgan fingerprint density at radius 1 is 1.11 bits per heavy atom. The van der Waals surface area contributed by atoms with Gasteiger partial charge in [0.2, 0.25) is 0 Å². The molecule has 0 radical (unpaired) electrons. The van der Waals surface area contributed by atoms with Gasteiger partial charge < -0.3 is 4.90 Å². The fourth-order valence-electron chi connectivity index (χ4n) is 2.90. The van der Waals surface area contributed by atoms with Crippen molar-refractivity contribution in [3.8, 4) is 0 Å². The summed E-state index contributed by atoms with van der Waals surface area (Å²) in [6, 6.07) is 2.24. The second kappa shape index (κ2) is 5.09. The van der Waals surface area contributed by atoms with Crippen molar-refractivity contribution in [3.05, 3.63) is 23.4 Å². The van der Waals surface area contributed by atoms with Crippen LogP contribution in [0.25, 0.3) is 0 Å². The molecular formula is C15H21N3. The molecule has 1 aromatic heterocycles. The minimum absolute atomic E-state index is 0.989. The summed E-state index contributed by atoms with van der Waals surface area (Å²) in [5.41, 5.74) is 3.84. The van der Waals surface area contributed by atoms with Crippen LogP contribution in [0.4, 0.5) is 5.82 Å². The van der Waals surface area contributed by atoms with Crippen LogP contribution in [0, 0.1) is 6.92 Å². The van der Waals surface area contributed by atoms with E-state index in [-0.39, 0.29) is 0 Å². The first-order valence-corrected chi connectivity index (χ1v) is 7.10. The van der Waals surface area contributed by atoms with E-state index in [9.17, 15) is 0 Å². The van der Waals surface area contributed by atoms with Crippen molar-refractivity contribution in [1.29, 1.82) is 0 Å². The molecule has 2 aliphatic heterocycles. The zero-order chi connectivity index (χ0) is 12.4. The molecule has 3 heterocycles. The Kier molecular flexibility index (Phi) is 3.31. The monoisotopic (exact) mass is 243 g/mol.